The fourth-order valence-corrected chi connectivity index (χ4v) is 3.86. The molecule has 2 heterocycles. The molecule has 0 bridgehead atoms. The van der Waals surface area contributed by atoms with E-state index in [1.807, 2.05) is 6.07 Å². The second-order valence-electron chi connectivity index (χ2n) is 7.31. The quantitative estimate of drug-likeness (QED) is 0.475. The highest BCUT2D eigenvalue weighted by Gasteiger charge is 2.20. The Balaban J connectivity index is 1.98. The Labute approximate surface area is 187 Å². The highest BCUT2D eigenvalue weighted by molar-refractivity contribution is 6.35. The van der Waals surface area contributed by atoms with Gasteiger partial charge in [0.2, 0.25) is 5.95 Å². The second-order valence-corrected chi connectivity index (χ2v) is 7.72. The minimum absolute atomic E-state index is 0.00218. The van der Waals surface area contributed by atoms with Crippen LogP contribution < -0.4 is 16.6 Å². The van der Waals surface area contributed by atoms with Gasteiger partial charge in [-0.1, -0.05) is 29.8 Å². The van der Waals surface area contributed by atoms with Crippen molar-refractivity contribution < 1.29 is 4.39 Å². The standard InChI is InChI=1S/C23H18ClFN6O/c1-12-6-7-16(25)9-18(12)31-19(8-14-4-3-5-17(24)20(14)22(31)32)13(2)29-21-15(10-26)11-28-23(27)30-21/h3-9,11,13H,1-2H3,(H3,27,28,29,30)/t13-/m0/s1. The van der Waals surface area contributed by atoms with E-state index in [0.717, 1.165) is 0 Å². The number of fused-ring (bicyclic) bond motifs is 1. The van der Waals surface area contributed by atoms with Gasteiger partial charge in [-0.05, 0) is 49.1 Å². The zero-order chi connectivity index (χ0) is 23.0. The van der Waals surface area contributed by atoms with Gasteiger partial charge in [0.15, 0.2) is 0 Å². The average Bonchev–Trinajstić information content (AvgIpc) is 2.75. The van der Waals surface area contributed by atoms with Crippen LogP contribution in [0.1, 0.15) is 29.8 Å². The van der Waals surface area contributed by atoms with Gasteiger partial charge in [0.1, 0.15) is 23.3 Å². The predicted molar refractivity (Wildman–Crippen MR) is 122 cm³/mol. The van der Waals surface area contributed by atoms with Crippen LogP contribution in [0, 0.1) is 24.1 Å². The highest BCUT2D eigenvalue weighted by atomic mass is 35.5. The topological polar surface area (TPSA) is 110 Å². The third-order valence-corrected chi connectivity index (χ3v) is 5.48. The number of benzene rings is 2. The minimum atomic E-state index is -0.518. The average molecular weight is 449 g/mol. The van der Waals surface area contributed by atoms with Crippen molar-refractivity contribution in [3.63, 3.8) is 0 Å². The zero-order valence-corrected chi connectivity index (χ0v) is 18.0. The molecule has 1 atom stereocenters. The van der Waals surface area contributed by atoms with Crippen molar-refractivity contribution in [2.75, 3.05) is 11.1 Å². The maximum Gasteiger partial charge on any atom is 0.264 e. The summed E-state index contributed by atoms with van der Waals surface area (Å²) in [6, 6.07) is 12.7. The van der Waals surface area contributed by atoms with E-state index in [9.17, 15) is 14.4 Å². The van der Waals surface area contributed by atoms with Crippen LogP contribution in [0.15, 0.2) is 53.5 Å². The molecule has 0 aliphatic heterocycles. The van der Waals surface area contributed by atoms with Crippen molar-refractivity contribution in [1.29, 1.82) is 5.26 Å². The molecule has 2 aromatic carbocycles. The molecule has 160 valence electrons. The molecule has 2 aromatic heterocycles. The second kappa shape index (κ2) is 8.29. The molecule has 0 spiro atoms. The Morgan fingerprint density at radius 3 is 2.81 bits per heavy atom. The van der Waals surface area contributed by atoms with Gasteiger partial charge >= 0.3 is 0 Å². The van der Waals surface area contributed by atoms with Crippen molar-refractivity contribution in [3.8, 4) is 11.8 Å². The van der Waals surface area contributed by atoms with Crippen LogP contribution in [-0.4, -0.2) is 14.5 Å². The third-order valence-electron chi connectivity index (χ3n) is 5.16. The molecule has 0 unspecified atom stereocenters. The van der Waals surface area contributed by atoms with E-state index in [-0.39, 0.29) is 22.9 Å². The van der Waals surface area contributed by atoms with Crippen LogP contribution in [0.4, 0.5) is 16.2 Å². The summed E-state index contributed by atoms with van der Waals surface area (Å²) in [5.74, 6) is -0.241. The van der Waals surface area contributed by atoms with Gasteiger partial charge in [-0.3, -0.25) is 9.36 Å². The Bertz CT molecular complexity index is 1460. The summed E-state index contributed by atoms with van der Waals surface area (Å²) in [7, 11) is 0. The number of halogens is 2. The smallest absolute Gasteiger partial charge is 0.264 e. The van der Waals surface area contributed by atoms with Crippen LogP contribution >= 0.6 is 11.6 Å². The Kier molecular flexibility index (Phi) is 5.51. The van der Waals surface area contributed by atoms with Gasteiger partial charge in [0, 0.05) is 5.69 Å². The molecule has 0 aliphatic carbocycles. The number of rotatable bonds is 4. The predicted octanol–water partition coefficient (Wildman–Crippen LogP) is 4.51. The summed E-state index contributed by atoms with van der Waals surface area (Å²) in [6.45, 7) is 3.59. The van der Waals surface area contributed by atoms with Crippen molar-refractivity contribution >= 4 is 34.1 Å². The maximum absolute atomic E-state index is 14.2. The molecule has 7 nitrogen and oxygen atoms in total. The van der Waals surface area contributed by atoms with Crippen molar-refractivity contribution in [3.05, 3.63) is 86.7 Å². The first-order chi connectivity index (χ1) is 15.3. The Hall–Kier alpha value is -3.96. The third kappa shape index (κ3) is 3.74. The van der Waals surface area contributed by atoms with Crippen LogP contribution in [0.2, 0.25) is 5.02 Å². The molecule has 3 N–H and O–H groups in total. The lowest BCUT2D eigenvalue weighted by Crippen LogP contribution is -2.26. The number of aromatic nitrogens is 3. The van der Waals surface area contributed by atoms with Crippen LogP contribution in [0.3, 0.4) is 0 Å². The lowest BCUT2D eigenvalue weighted by atomic mass is 10.1. The van der Waals surface area contributed by atoms with E-state index >= 15 is 0 Å². The largest absolute Gasteiger partial charge is 0.368 e. The molecule has 9 heteroatoms. The van der Waals surface area contributed by atoms with E-state index in [4.69, 9.17) is 17.3 Å². The lowest BCUT2D eigenvalue weighted by molar-refractivity contribution is 0.624. The molecule has 0 radical (unpaired) electrons. The summed E-state index contributed by atoms with van der Waals surface area (Å²) < 4.78 is 15.6. The summed E-state index contributed by atoms with van der Waals surface area (Å²) in [6.07, 6.45) is 1.32. The Morgan fingerprint density at radius 2 is 2.06 bits per heavy atom. The number of hydrogen-bond donors (Lipinski definition) is 2. The number of aryl methyl sites for hydroxylation is 1. The lowest BCUT2D eigenvalue weighted by Gasteiger charge is -2.23. The molecule has 0 saturated carbocycles. The molecule has 4 rings (SSSR count). The summed E-state index contributed by atoms with van der Waals surface area (Å²) >= 11 is 6.34. The van der Waals surface area contributed by atoms with Gasteiger partial charge in [-0.25, -0.2) is 9.37 Å². The van der Waals surface area contributed by atoms with Crippen molar-refractivity contribution in [1.82, 2.24) is 14.5 Å². The van der Waals surface area contributed by atoms with Crippen molar-refractivity contribution in [2.45, 2.75) is 19.9 Å². The number of pyridine rings is 1. The summed E-state index contributed by atoms with van der Waals surface area (Å²) in [4.78, 5) is 21.5. The number of nitrogens with two attached hydrogens (primary N) is 1. The molecular weight excluding hydrogens is 431 g/mol. The molecular formula is C23H18ClFN6O. The van der Waals surface area contributed by atoms with Crippen LogP contribution in [-0.2, 0) is 0 Å². The monoisotopic (exact) mass is 448 g/mol. The number of hydrogen-bond acceptors (Lipinski definition) is 6. The maximum atomic E-state index is 14.2. The molecule has 0 fully saturated rings. The molecule has 0 saturated heterocycles. The van der Waals surface area contributed by atoms with E-state index in [2.05, 4.69) is 15.3 Å². The summed E-state index contributed by atoms with van der Waals surface area (Å²) in [5, 5.41) is 13.8. The number of anilines is 2. The highest BCUT2D eigenvalue weighted by Crippen LogP contribution is 2.28. The van der Waals surface area contributed by atoms with Crippen LogP contribution in [0.5, 0.6) is 0 Å². The fraction of sp³-hybridized carbons (Fsp3) is 0.130. The fourth-order valence-electron chi connectivity index (χ4n) is 3.60. The van der Waals surface area contributed by atoms with E-state index in [0.29, 0.717) is 32.7 Å². The van der Waals surface area contributed by atoms with Gasteiger partial charge < -0.3 is 11.1 Å². The van der Waals surface area contributed by atoms with Crippen molar-refractivity contribution in [2.24, 2.45) is 0 Å². The number of nitrogens with zero attached hydrogens (tertiary/aromatic N) is 4. The van der Waals surface area contributed by atoms with Crippen LogP contribution in [0.25, 0.3) is 16.5 Å². The normalized spacial score (nSPS) is 11.8. The van der Waals surface area contributed by atoms with Gasteiger partial charge in [-0.15, -0.1) is 0 Å². The zero-order valence-electron chi connectivity index (χ0n) is 17.2. The Morgan fingerprint density at radius 1 is 1.28 bits per heavy atom. The summed E-state index contributed by atoms with van der Waals surface area (Å²) in [5.41, 5.74) is 7.13. The SMILES string of the molecule is Cc1ccc(F)cc1-n1c([C@H](C)Nc2nc(N)ncc2C#N)cc2cccc(Cl)c2c1=O. The number of nitrogens with one attached hydrogen (secondary N) is 1. The first-order valence-electron chi connectivity index (χ1n) is 9.70. The van der Waals surface area contributed by atoms with Gasteiger partial charge in [0.25, 0.3) is 5.56 Å². The van der Waals surface area contributed by atoms with Gasteiger partial charge in [0.05, 0.1) is 28.3 Å². The van der Waals surface area contributed by atoms with E-state index in [1.165, 1.54) is 22.9 Å². The van der Waals surface area contributed by atoms with E-state index in [1.54, 1.807) is 44.2 Å². The molecule has 4 aromatic rings. The first-order valence-corrected chi connectivity index (χ1v) is 10.1. The molecule has 0 aliphatic rings. The molecule has 32 heavy (non-hydrogen) atoms. The number of nitriles is 1. The van der Waals surface area contributed by atoms with Gasteiger partial charge in [-0.2, -0.15) is 10.2 Å². The van der Waals surface area contributed by atoms with E-state index < -0.39 is 11.9 Å². The first kappa shape index (κ1) is 21.3. The minimum Gasteiger partial charge on any atom is -0.368 e. The number of nitrogen functional groups attached to an aromatic ring is 1. The molecule has 0 amide bonds.